The van der Waals surface area contributed by atoms with Crippen molar-refractivity contribution in [2.24, 2.45) is 0 Å². The highest BCUT2D eigenvalue weighted by molar-refractivity contribution is 9.10. The summed E-state index contributed by atoms with van der Waals surface area (Å²) in [4.78, 5) is 12.2. The van der Waals surface area contributed by atoms with Crippen LogP contribution >= 0.6 is 15.9 Å². The van der Waals surface area contributed by atoms with Gasteiger partial charge in [0.25, 0.3) is 0 Å². The van der Waals surface area contributed by atoms with Crippen molar-refractivity contribution in [3.05, 3.63) is 16.5 Å². The number of anilines is 1. The molecule has 2 aromatic rings. The Kier molecular flexibility index (Phi) is 4.80. The number of nitrogens with one attached hydrogen (secondary N) is 2. The van der Waals surface area contributed by atoms with Crippen LogP contribution in [0.5, 0.6) is 0 Å². The molecule has 0 aromatic carbocycles. The Bertz CT molecular complexity index is 544. The van der Waals surface area contributed by atoms with Crippen LogP contribution < -0.4 is 5.32 Å². The van der Waals surface area contributed by atoms with E-state index in [0.717, 1.165) is 27.1 Å². The lowest BCUT2D eigenvalue weighted by molar-refractivity contribution is 0.584. The average molecular weight is 325 g/mol. The largest absolute Gasteiger partial charge is 0.365 e. The maximum absolute atomic E-state index is 4.54. The molecule has 2 aromatic heterocycles. The Hall–Kier alpha value is -1.10. The average Bonchev–Trinajstić information content (AvgIpc) is 2.72. The zero-order valence-corrected chi connectivity index (χ0v) is 13.3. The van der Waals surface area contributed by atoms with E-state index in [-0.39, 0.29) is 0 Å². The standard InChI is InChI=1S/C14H21BrN4/c1-4-6-10(7-5-2)19-14-13-12(11(15)8-16-13)17-9(3)18-14/h8,10,16H,4-7H2,1-3H3,(H,17,18,19). The third-order valence-corrected chi connectivity index (χ3v) is 3.81. The van der Waals surface area contributed by atoms with Gasteiger partial charge in [0.05, 0.1) is 4.47 Å². The van der Waals surface area contributed by atoms with E-state index in [9.17, 15) is 0 Å². The number of H-pyrrole nitrogens is 1. The molecular formula is C14H21BrN4. The van der Waals surface area contributed by atoms with Crippen molar-refractivity contribution in [1.82, 2.24) is 15.0 Å². The fourth-order valence-corrected chi connectivity index (χ4v) is 2.77. The van der Waals surface area contributed by atoms with Crippen LogP contribution in [0.1, 0.15) is 45.4 Å². The van der Waals surface area contributed by atoms with Crippen molar-refractivity contribution in [2.75, 3.05) is 5.32 Å². The van der Waals surface area contributed by atoms with Gasteiger partial charge in [-0.1, -0.05) is 26.7 Å². The van der Waals surface area contributed by atoms with Crippen molar-refractivity contribution in [1.29, 1.82) is 0 Å². The van der Waals surface area contributed by atoms with E-state index in [1.165, 1.54) is 25.7 Å². The third kappa shape index (κ3) is 3.26. The summed E-state index contributed by atoms with van der Waals surface area (Å²) in [5, 5.41) is 3.57. The molecular weight excluding hydrogens is 304 g/mol. The normalized spacial score (nSPS) is 11.4. The van der Waals surface area contributed by atoms with Gasteiger partial charge >= 0.3 is 0 Å². The van der Waals surface area contributed by atoms with Crippen molar-refractivity contribution in [2.45, 2.75) is 52.5 Å². The minimum absolute atomic E-state index is 0.481. The first-order valence-electron chi connectivity index (χ1n) is 6.93. The highest BCUT2D eigenvalue weighted by Crippen LogP contribution is 2.27. The van der Waals surface area contributed by atoms with E-state index in [0.29, 0.717) is 6.04 Å². The number of rotatable bonds is 6. The maximum Gasteiger partial charge on any atom is 0.154 e. The topological polar surface area (TPSA) is 53.6 Å². The predicted octanol–water partition coefficient (Wildman–Crippen LogP) is 4.41. The Labute approximate surface area is 122 Å². The van der Waals surface area contributed by atoms with Crippen LogP contribution in [0.4, 0.5) is 5.82 Å². The summed E-state index contributed by atoms with van der Waals surface area (Å²) < 4.78 is 0.985. The van der Waals surface area contributed by atoms with Gasteiger partial charge < -0.3 is 10.3 Å². The monoisotopic (exact) mass is 324 g/mol. The lowest BCUT2D eigenvalue weighted by Crippen LogP contribution is -2.20. The second-order valence-electron chi connectivity index (χ2n) is 4.90. The minimum atomic E-state index is 0.481. The zero-order chi connectivity index (χ0) is 13.8. The molecule has 0 saturated heterocycles. The molecule has 0 unspecified atom stereocenters. The van der Waals surface area contributed by atoms with Crippen molar-refractivity contribution in [3.8, 4) is 0 Å². The van der Waals surface area contributed by atoms with Crippen molar-refractivity contribution >= 4 is 32.8 Å². The predicted molar refractivity (Wildman–Crippen MR) is 83.6 cm³/mol. The van der Waals surface area contributed by atoms with E-state index < -0.39 is 0 Å². The third-order valence-electron chi connectivity index (χ3n) is 3.21. The van der Waals surface area contributed by atoms with Crippen LogP contribution in [-0.2, 0) is 0 Å². The van der Waals surface area contributed by atoms with Crippen LogP contribution in [0.2, 0.25) is 0 Å². The second kappa shape index (κ2) is 6.37. The molecule has 0 spiro atoms. The van der Waals surface area contributed by atoms with Crippen LogP contribution in [0.25, 0.3) is 11.0 Å². The van der Waals surface area contributed by atoms with Gasteiger partial charge in [-0.05, 0) is 35.7 Å². The summed E-state index contributed by atoms with van der Waals surface area (Å²) in [6.45, 7) is 6.37. The number of hydrogen-bond donors (Lipinski definition) is 2. The van der Waals surface area contributed by atoms with Crippen molar-refractivity contribution in [3.63, 3.8) is 0 Å². The summed E-state index contributed by atoms with van der Waals surface area (Å²) in [6.07, 6.45) is 6.61. The number of aromatic amines is 1. The second-order valence-corrected chi connectivity index (χ2v) is 5.75. The first-order valence-corrected chi connectivity index (χ1v) is 7.72. The first kappa shape index (κ1) is 14.3. The Morgan fingerprint density at radius 2 is 1.95 bits per heavy atom. The molecule has 0 saturated carbocycles. The van der Waals surface area contributed by atoms with Gasteiger partial charge in [0, 0.05) is 12.2 Å². The van der Waals surface area contributed by atoms with Crippen LogP contribution in [0.15, 0.2) is 10.7 Å². The first-order chi connectivity index (χ1) is 9.15. The molecule has 2 N–H and O–H groups in total. The lowest BCUT2D eigenvalue weighted by atomic mass is 10.1. The number of nitrogens with zero attached hydrogens (tertiary/aromatic N) is 2. The molecule has 0 bridgehead atoms. The van der Waals surface area contributed by atoms with E-state index in [4.69, 9.17) is 0 Å². The Morgan fingerprint density at radius 3 is 2.58 bits per heavy atom. The number of fused-ring (bicyclic) bond motifs is 1. The summed E-state index contributed by atoms with van der Waals surface area (Å²) in [6, 6.07) is 0.481. The van der Waals surface area contributed by atoms with Gasteiger partial charge in [-0.3, -0.25) is 0 Å². The minimum Gasteiger partial charge on any atom is -0.365 e. The SMILES string of the molecule is CCCC(CCC)Nc1nc(C)nc2c(Br)c[nH]c12. The van der Waals surface area contributed by atoms with Crippen LogP contribution in [0, 0.1) is 6.92 Å². The fraction of sp³-hybridized carbons (Fsp3) is 0.571. The van der Waals surface area contributed by atoms with Gasteiger partial charge in [0.1, 0.15) is 16.9 Å². The van der Waals surface area contributed by atoms with Gasteiger partial charge in [-0.2, -0.15) is 0 Å². The number of hydrogen-bond acceptors (Lipinski definition) is 3. The summed E-state index contributed by atoms with van der Waals surface area (Å²) in [7, 11) is 0. The summed E-state index contributed by atoms with van der Waals surface area (Å²) in [5.74, 6) is 1.71. The van der Waals surface area contributed by atoms with Crippen LogP contribution in [0.3, 0.4) is 0 Å². The molecule has 0 amide bonds. The van der Waals surface area contributed by atoms with E-state index in [1.54, 1.807) is 0 Å². The van der Waals surface area contributed by atoms with E-state index in [2.05, 4.69) is 50.0 Å². The molecule has 2 heterocycles. The highest BCUT2D eigenvalue weighted by Gasteiger charge is 2.13. The quantitative estimate of drug-likeness (QED) is 0.827. The summed E-state index contributed by atoms with van der Waals surface area (Å²) >= 11 is 3.51. The molecule has 104 valence electrons. The van der Waals surface area contributed by atoms with Gasteiger partial charge in [0.15, 0.2) is 5.82 Å². The molecule has 2 rings (SSSR count). The molecule has 0 aliphatic carbocycles. The highest BCUT2D eigenvalue weighted by atomic mass is 79.9. The van der Waals surface area contributed by atoms with Crippen LogP contribution in [-0.4, -0.2) is 21.0 Å². The zero-order valence-electron chi connectivity index (χ0n) is 11.8. The lowest BCUT2D eigenvalue weighted by Gasteiger charge is -2.18. The van der Waals surface area contributed by atoms with Gasteiger partial charge in [-0.15, -0.1) is 0 Å². The molecule has 0 atom stereocenters. The van der Waals surface area contributed by atoms with Gasteiger partial charge in [-0.25, -0.2) is 9.97 Å². The molecule has 0 radical (unpaired) electrons. The van der Waals surface area contributed by atoms with E-state index in [1.807, 2.05) is 13.1 Å². The summed E-state index contributed by atoms with van der Waals surface area (Å²) in [5.41, 5.74) is 1.93. The molecule has 5 heteroatoms. The number of aryl methyl sites for hydroxylation is 1. The molecule has 0 aliphatic heterocycles. The number of halogens is 1. The fourth-order valence-electron chi connectivity index (χ4n) is 2.37. The van der Waals surface area contributed by atoms with E-state index >= 15 is 0 Å². The molecule has 19 heavy (non-hydrogen) atoms. The van der Waals surface area contributed by atoms with Crippen molar-refractivity contribution < 1.29 is 0 Å². The van der Waals surface area contributed by atoms with Gasteiger partial charge in [0.2, 0.25) is 0 Å². The molecule has 0 aliphatic rings. The number of aromatic nitrogens is 3. The molecule has 4 nitrogen and oxygen atoms in total. The maximum atomic E-state index is 4.54. The smallest absolute Gasteiger partial charge is 0.154 e. The Morgan fingerprint density at radius 1 is 1.26 bits per heavy atom. The molecule has 0 fully saturated rings. The Balaban J connectivity index is 2.32.